The van der Waals surface area contributed by atoms with Gasteiger partial charge in [0.25, 0.3) is 0 Å². The first-order valence-electron chi connectivity index (χ1n) is 10.3. The number of aryl methyl sites for hydroxylation is 1. The number of hydrogen-bond acceptors (Lipinski definition) is 5. The van der Waals surface area contributed by atoms with E-state index in [9.17, 15) is 9.59 Å². The highest BCUT2D eigenvalue weighted by molar-refractivity contribution is 6.35. The maximum absolute atomic E-state index is 12.0. The quantitative estimate of drug-likeness (QED) is 0.678. The number of carbonyl (C=O) groups excluding carboxylic acids is 2. The molecule has 1 aliphatic heterocycles. The van der Waals surface area contributed by atoms with Crippen molar-refractivity contribution in [1.29, 1.82) is 0 Å². The summed E-state index contributed by atoms with van der Waals surface area (Å²) in [5.74, 6) is -0.324. The lowest BCUT2D eigenvalue weighted by molar-refractivity contribution is -0.139. The Labute approximate surface area is 178 Å². The number of anilines is 1. The summed E-state index contributed by atoms with van der Waals surface area (Å²) in [6.07, 6.45) is 0. The van der Waals surface area contributed by atoms with E-state index >= 15 is 0 Å². The van der Waals surface area contributed by atoms with Crippen molar-refractivity contribution < 1.29 is 14.3 Å². The van der Waals surface area contributed by atoms with Crippen LogP contribution in [0.5, 0.6) is 5.75 Å². The summed E-state index contributed by atoms with van der Waals surface area (Å²) in [6, 6.07) is 15.9. The number of nitrogens with one attached hydrogen (secondary N) is 2. The first kappa shape index (κ1) is 21.6. The van der Waals surface area contributed by atoms with Gasteiger partial charge in [-0.15, -0.1) is 0 Å². The molecule has 0 saturated carbocycles. The van der Waals surface area contributed by atoms with E-state index in [1.165, 1.54) is 5.69 Å². The third kappa shape index (κ3) is 6.22. The summed E-state index contributed by atoms with van der Waals surface area (Å²) < 4.78 is 5.21. The zero-order valence-electron chi connectivity index (χ0n) is 17.7. The molecule has 30 heavy (non-hydrogen) atoms. The van der Waals surface area contributed by atoms with E-state index in [1.54, 1.807) is 7.11 Å². The largest absolute Gasteiger partial charge is 0.497 e. The fraction of sp³-hybridized carbons (Fsp3) is 0.391. The highest BCUT2D eigenvalue weighted by Crippen LogP contribution is 2.20. The van der Waals surface area contributed by atoms with E-state index in [0.717, 1.165) is 49.6 Å². The molecule has 2 amide bonds. The van der Waals surface area contributed by atoms with Gasteiger partial charge in [-0.2, -0.15) is 0 Å². The maximum Gasteiger partial charge on any atom is 0.309 e. The Bertz CT molecular complexity index is 829. The Balaban J connectivity index is 1.32. The predicted molar refractivity (Wildman–Crippen MR) is 118 cm³/mol. The van der Waals surface area contributed by atoms with E-state index < -0.39 is 11.8 Å². The average Bonchev–Trinajstić information content (AvgIpc) is 2.79. The van der Waals surface area contributed by atoms with Gasteiger partial charge in [0.15, 0.2) is 0 Å². The lowest BCUT2D eigenvalue weighted by Crippen LogP contribution is -2.49. The number of amides is 2. The summed E-state index contributed by atoms with van der Waals surface area (Å²) >= 11 is 0. The zero-order valence-corrected chi connectivity index (χ0v) is 17.7. The number of rotatable bonds is 7. The number of methoxy groups -OCH3 is 1. The molecule has 2 N–H and O–H groups in total. The van der Waals surface area contributed by atoms with Crippen LogP contribution in [-0.4, -0.2) is 63.1 Å². The molecule has 0 aliphatic carbocycles. The number of benzene rings is 2. The molecule has 2 aromatic rings. The standard InChI is InChI=1S/C23H30N4O3/c1-18-3-5-19(6-4-18)17-25-23(29)22(28)24-11-12-26-13-15-27(16-14-26)20-7-9-21(30-2)10-8-20/h3-10H,11-17H2,1-2H3,(H,24,28)(H,25,29). The molecule has 1 fully saturated rings. The number of hydrogen-bond donors (Lipinski definition) is 2. The molecule has 0 aromatic heterocycles. The average molecular weight is 411 g/mol. The van der Waals surface area contributed by atoms with Crippen molar-refractivity contribution in [3.8, 4) is 5.75 Å². The first-order chi connectivity index (χ1) is 14.5. The molecule has 1 heterocycles. The molecular weight excluding hydrogens is 380 g/mol. The molecule has 0 atom stereocenters. The van der Waals surface area contributed by atoms with Gasteiger partial charge in [-0.25, -0.2) is 0 Å². The predicted octanol–water partition coefficient (Wildman–Crippen LogP) is 1.56. The normalized spacial score (nSPS) is 14.3. The SMILES string of the molecule is COc1ccc(N2CCN(CCNC(=O)C(=O)NCc3ccc(C)cc3)CC2)cc1. The zero-order chi connectivity index (χ0) is 21.3. The van der Waals surface area contributed by atoms with Gasteiger partial charge in [0, 0.05) is 51.5 Å². The maximum atomic E-state index is 12.0. The fourth-order valence-electron chi connectivity index (χ4n) is 3.40. The van der Waals surface area contributed by atoms with Crippen LogP contribution in [0.15, 0.2) is 48.5 Å². The Hall–Kier alpha value is -3.06. The van der Waals surface area contributed by atoms with Crippen molar-refractivity contribution >= 4 is 17.5 Å². The molecule has 2 aromatic carbocycles. The van der Waals surface area contributed by atoms with Gasteiger partial charge in [-0.3, -0.25) is 14.5 Å². The molecule has 0 bridgehead atoms. The Kier molecular flexibility index (Phi) is 7.68. The molecular formula is C23H30N4O3. The topological polar surface area (TPSA) is 73.9 Å². The van der Waals surface area contributed by atoms with E-state index in [0.29, 0.717) is 13.1 Å². The Morgan fingerprint density at radius 1 is 0.900 bits per heavy atom. The summed E-state index contributed by atoms with van der Waals surface area (Å²) in [5.41, 5.74) is 3.32. The van der Waals surface area contributed by atoms with Crippen molar-refractivity contribution in [3.05, 3.63) is 59.7 Å². The van der Waals surface area contributed by atoms with E-state index in [1.807, 2.05) is 43.3 Å². The molecule has 160 valence electrons. The second-order valence-electron chi connectivity index (χ2n) is 7.45. The van der Waals surface area contributed by atoms with Gasteiger partial charge < -0.3 is 20.3 Å². The van der Waals surface area contributed by atoms with E-state index in [2.05, 4.69) is 32.6 Å². The Morgan fingerprint density at radius 3 is 2.17 bits per heavy atom. The Morgan fingerprint density at radius 2 is 1.53 bits per heavy atom. The monoisotopic (exact) mass is 410 g/mol. The van der Waals surface area contributed by atoms with Gasteiger partial charge in [0.1, 0.15) is 5.75 Å². The van der Waals surface area contributed by atoms with Crippen molar-refractivity contribution in [2.45, 2.75) is 13.5 Å². The first-order valence-corrected chi connectivity index (χ1v) is 10.3. The number of ether oxygens (including phenoxy) is 1. The highest BCUT2D eigenvalue weighted by Gasteiger charge is 2.18. The molecule has 7 nitrogen and oxygen atoms in total. The molecule has 1 aliphatic rings. The molecule has 0 unspecified atom stereocenters. The van der Waals surface area contributed by atoms with Crippen LogP contribution in [0.4, 0.5) is 5.69 Å². The third-order valence-corrected chi connectivity index (χ3v) is 5.30. The molecule has 0 spiro atoms. The summed E-state index contributed by atoms with van der Waals surface area (Å²) in [6.45, 7) is 7.24. The van der Waals surface area contributed by atoms with Gasteiger partial charge in [0.2, 0.25) is 0 Å². The second-order valence-corrected chi connectivity index (χ2v) is 7.45. The molecule has 0 radical (unpaired) electrons. The van der Waals surface area contributed by atoms with Crippen LogP contribution in [0.2, 0.25) is 0 Å². The van der Waals surface area contributed by atoms with Crippen LogP contribution in [0, 0.1) is 6.92 Å². The number of piperazine rings is 1. The van der Waals surface area contributed by atoms with Crippen LogP contribution >= 0.6 is 0 Å². The second kappa shape index (κ2) is 10.6. The fourth-order valence-corrected chi connectivity index (χ4v) is 3.40. The van der Waals surface area contributed by atoms with Gasteiger partial charge in [-0.1, -0.05) is 29.8 Å². The summed E-state index contributed by atoms with van der Waals surface area (Å²) in [4.78, 5) is 28.6. The molecule has 7 heteroatoms. The number of nitrogens with zero attached hydrogens (tertiary/aromatic N) is 2. The van der Waals surface area contributed by atoms with Crippen molar-refractivity contribution in [2.75, 3.05) is 51.3 Å². The summed E-state index contributed by atoms with van der Waals surface area (Å²) in [7, 11) is 1.67. The van der Waals surface area contributed by atoms with E-state index in [4.69, 9.17) is 4.74 Å². The van der Waals surface area contributed by atoms with Gasteiger partial charge in [0.05, 0.1) is 7.11 Å². The lowest BCUT2D eigenvalue weighted by atomic mass is 10.1. The van der Waals surface area contributed by atoms with Crippen LogP contribution in [0.1, 0.15) is 11.1 Å². The van der Waals surface area contributed by atoms with Crippen molar-refractivity contribution in [2.24, 2.45) is 0 Å². The third-order valence-electron chi connectivity index (χ3n) is 5.30. The smallest absolute Gasteiger partial charge is 0.309 e. The van der Waals surface area contributed by atoms with Gasteiger partial charge >= 0.3 is 11.8 Å². The van der Waals surface area contributed by atoms with Crippen LogP contribution in [0.25, 0.3) is 0 Å². The highest BCUT2D eigenvalue weighted by atomic mass is 16.5. The summed E-state index contributed by atoms with van der Waals surface area (Å²) in [5, 5.41) is 5.37. The molecule has 3 rings (SSSR count). The molecule has 1 saturated heterocycles. The van der Waals surface area contributed by atoms with Crippen molar-refractivity contribution in [1.82, 2.24) is 15.5 Å². The van der Waals surface area contributed by atoms with Crippen LogP contribution < -0.4 is 20.3 Å². The lowest BCUT2D eigenvalue weighted by Gasteiger charge is -2.36. The van der Waals surface area contributed by atoms with Crippen LogP contribution in [0.3, 0.4) is 0 Å². The number of carbonyl (C=O) groups is 2. The van der Waals surface area contributed by atoms with E-state index in [-0.39, 0.29) is 0 Å². The minimum Gasteiger partial charge on any atom is -0.497 e. The van der Waals surface area contributed by atoms with Gasteiger partial charge in [-0.05, 0) is 36.8 Å². The minimum atomic E-state index is -0.597. The van der Waals surface area contributed by atoms with Crippen molar-refractivity contribution in [3.63, 3.8) is 0 Å². The minimum absolute atomic E-state index is 0.347. The van der Waals surface area contributed by atoms with Crippen LogP contribution in [-0.2, 0) is 16.1 Å².